The topological polar surface area (TPSA) is 22.0 Å². The first-order valence-corrected chi connectivity index (χ1v) is 12.7. The van der Waals surface area contributed by atoms with Gasteiger partial charge in [0.05, 0.1) is 10.2 Å². The van der Waals surface area contributed by atoms with Gasteiger partial charge in [0.1, 0.15) is 23.2 Å². The van der Waals surface area contributed by atoms with E-state index in [2.05, 4.69) is 97.1 Å². The molecule has 0 atom stereocenters. The summed E-state index contributed by atoms with van der Waals surface area (Å²) in [5.74, 6) is 0. The van der Waals surface area contributed by atoms with Gasteiger partial charge >= 0.3 is 4.87 Å². The number of thiazole rings is 1. The lowest BCUT2D eigenvalue weighted by Crippen LogP contribution is -3.00. The standard InChI is InChI=1S/C26H21NOPS.ClH/c28-26-27(24-18-10-11-19-25(24)30-26)20-29(21-12-4-1-5-13-21,22-14-6-2-7-15-22)23-16-8-3-9-17-23;/h1-19H,20H2;1H/q+1;/p-1. The summed E-state index contributed by atoms with van der Waals surface area (Å²) in [6, 6.07) is 40.2. The number of fused-ring (bicyclic) bond motifs is 1. The molecule has 0 amide bonds. The average Bonchev–Trinajstić information content (AvgIpc) is 3.14. The van der Waals surface area contributed by atoms with Crippen LogP contribution in [0.4, 0.5) is 0 Å². The first-order valence-electron chi connectivity index (χ1n) is 9.92. The Labute approximate surface area is 192 Å². The minimum absolute atomic E-state index is 0. The molecule has 1 heterocycles. The van der Waals surface area contributed by atoms with Crippen molar-refractivity contribution in [3.05, 3.63) is 125 Å². The van der Waals surface area contributed by atoms with Crippen molar-refractivity contribution in [3.63, 3.8) is 0 Å². The maximum absolute atomic E-state index is 13.1. The van der Waals surface area contributed by atoms with Gasteiger partial charge in [-0.25, -0.2) is 0 Å². The van der Waals surface area contributed by atoms with Crippen LogP contribution < -0.4 is 33.2 Å². The highest BCUT2D eigenvalue weighted by atomic mass is 35.5. The van der Waals surface area contributed by atoms with Gasteiger partial charge in [-0.05, 0) is 48.5 Å². The normalized spacial score (nSPS) is 11.2. The molecule has 0 fully saturated rings. The molecule has 0 saturated carbocycles. The Hall–Kier alpha value is -2.71. The number of benzene rings is 4. The van der Waals surface area contributed by atoms with Gasteiger partial charge in [0.2, 0.25) is 0 Å². The largest absolute Gasteiger partial charge is 1.00 e. The Morgan fingerprint density at radius 2 is 1.03 bits per heavy atom. The van der Waals surface area contributed by atoms with E-state index in [1.54, 1.807) is 0 Å². The molecule has 154 valence electrons. The van der Waals surface area contributed by atoms with Crippen molar-refractivity contribution in [1.82, 2.24) is 4.57 Å². The Balaban J connectivity index is 0.00000231. The molecule has 0 aliphatic carbocycles. The van der Waals surface area contributed by atoms with Crippen LogP contribution in [0.25, 0.3) is 10.2 Å². The molecule has 0 spiro atoms. The third-order valence-corrected chi connectivity index (χ3v) is 10.7. The molecule has 5 rings (SSSR count). The zero-order valence-corrected chi connectivity index (χ0v) is 19.2. The van der Waals surface area contributed by atoms with Gasteiger partial charge in [-0.15, -0.1) is 0 Å². The van der Waals surface area contributed by atoms with Gasteiger partial charge in [-0.2, -0.15) is 0 Å². The first-order chi connectivity index (χ1) is 14.8. The predicted octanol–water partition coefficient (Wildman–Crippen LogP) is 2.02. The van der Waals surface area contributed by atoms with Gasteiger partial charge in [-0.3, -0.25) is 9.36 Å². The summed E-state index contributed by atoms with van der Waals surface area (Å²) in [4.78, 5) is 13.2. The van der Waals surface area contributed by atoms with Crippen LogP contribution in [0.2, 0.25) is 0 Å². The van der Waals surface area contributed by atoms with E-state index in [4.69, 9.17) is 0 Å². The number of aromatic nitrogens is 1. The summed E-state index contributed by atoms with van der Waals surface area (Å²) in [5.41, 5.74) is 1.01. The van der Waals surface area contributed by atoms with E-state index in [0.29, 0.717) is 6.29 Å². The minimum atomic E-state index is -2.10. The fourth-order valence-corrected chi connectivity index (χ4v) is 9.22. The van der Waals surface area contributed by atoms with Crippen LogP contribution in [0.3, 0.4) is 0 Å². The molecule has 0 bridgehead atoms. The van der Waals surface area contributed by atoms with Crippen LogP contribution in [0, 0.1) is 0 Å². The van der Waals surface area contributed by atoms with Crippen LogP contribution in [-0.2, 0) is 6.29 Å². The fourth-order valence-electron chi connectivity index (χ4n) is 4.10. The molecule has 5 heteroatoms. The van der Waals surface area contributed by atoms with E-state index in [9.17, 15) is 4.79 Å². The van der Waals surface area contributed by atoms with Crippen molar-refractivity contribution in [2.45, 2.75) is 6.29 Å². The van der Waals surface area contributed by atoms with Crippen molar-refractivity contribution in [2.24, 2.45) is 0 Å². The predicted molar refractivity (Wildman–Crippen MR) is 131 cm³/mol. The highest BCUT2D eigenvalue weighted by Gasteiger charge is 2.46. The van der Waals surface area contributed by atoms with Crippen LogP contribution in [0.15, 0.2) is 120 Å². The van der Waals surface area contributed by atoms with Crippen molar-refractivity contribution in [2.75, 3.05) is 0 Å². The highest BCUT2D eigenvalue weighted by Crippen LogP contribution is 2.57. The van der Waals surface area contributed by atoms with E-state index in [1.807, 2.05) is 22.8 Å². The Kier molecular flexibility index (Phi) is 6.38. The van der Waals surface area contributed by atoms with Gasteiger partial charge in [0.25, 0.3) is 0 Å². The molecule has 0 radical (unpaired) electrons. The summed E-state index contributed by atoms with van der Waals surface area (Å²) in [7, 11) is -2.10. The zero-order valence-electron chi connectivity index (χ0n) is 16.8. The number of nitrogens with zero attached hydrogens (tertiary/aromatic N) is 1. The molecular weight excluding hydrogens is 441 g/mol. The van der Waals surface area contributed by atoms with Gasteiger partial charge in [0.15, 0.2) is 6.29 Å². The molecule has 0 aliphatic heterocycles. The SMILES string of the molecule is O=c1sc2ccccc2n1C[P+](c1ccccc1)(c1ccccc1)c1ccccc1.[Cl-]. The van der Waals surface area contributed by atoms with Crippen molar-refractivity contribution in [1.29, 1.82) is 0 Å². The number of hydrogen-bond acceptors (Lipinski definition) is 2. The van der Waals surface area contributed by atoms with Crippen LogP contribution in [0.1, 0.15) is 0 Å². The Morgan fingerprint density at radius 3 is 1.52 bits per heavy atom. The van der Waals surface area contributed by atoms with Gasteiger partial charge < -0.3 is 12.4 Å². The minimum Gasteiger partial charge on any atom is -1.00 e. The smallest absolute Gasteiger partial charge is 0.311 e. The maximum atomic E-state index is 13.1. The molecule has 4 aromatic carbocycles. The molecule has 0 aliphatic rings. The van der Waals surface area contributed by atoms with E-state index in [-0.39, 0.29) is 17.3 Å². The number of halogens is 1. The third kappa shape index (κ3) is 3.85. The summed E-state index contributed by atoms with van der Waals surface area (Å²) in [6.07, 6.45) is 0.647. The molecule has 2 nitrogen and oxygen atoms in total. The molecule has 31 heavy (non-hydrogen) atoms. The van der Waals surface area contributed by atoms with Crippen LogP contribution >= 0.6 is 18.6 Å². The second kappa shape index (κ2) is 9.20. The molecule has 0 saturated heterocycles. The lowest BCUT2D eigenvalue weighted by atomic mass is 10.3. The first kappa shape index (κ1) is 21.5. The van der Waals surface area contributed by atoms with E-state index in [0.717, 1.165) is 10.2 Å². The van der Waals surface area contributed by atoms with E-state index < -0.39 is 7.26 Å². The molecule has 5 aromatic rings. The number of hydrogen-bond donors (Lipinski definition) is 0. The zero-order chi connectivity index (χ0) is 20.4. The fraction of sp³-hybridized carbons (Fsp3) is 0.0385. The quantitative estimate of drug-likeness (QED) is 0.367. The molecular formula is C26H21ClNOPS. The Morgan fingerprint density at radius 1 is 0.613 bits per heavy atom. The second-order valence-electron chi connectivity index (χ2n) is 7.22. The van der Waals surface area contributed by atoms with Crippen LogP contribution in [-0.4, -0.2) is 4.57 Å². The Bertz CT molecular complexity index is 1240. The second-order valence-corrected chi connectivity index (χ2v) is 11.7. The highest BCUT2D eigenvalue weighted by molar-refractivity contribution is 7.94. The third-order valence-electron chi connectivity index (χ3n) is 5.52. The number of para-hydroxylation sites is 1. The van der Waals surface area contributed by atoms with Gasteiger partial charge in [0, 0.05) is 0 Å². The summed E-state index contributed by atoms with van der Waals surface area (Å²) in [5, 5.41) is 3.85. The van der Waals surface area contributed by atoms with Crippen LogP contribution in [0.5, 0.6) is 0 Å². The summed E-state index contributed by atoms with van der Waals surface area (Å²) in [6.45, 7) is 0. The summed E-state index contributed by atoms with van der Waals surface area (Å²) < 4.78 is 3.02. The van der Waals surface area contributed by atoms with E-state index >= 15 is 0 Å². The van der Waals surface area contributed by atoms with E-state index in [1.165, 1.54) is 27.3 Å². The molecule has 0 N–H and O–H groups in total. The molecule has 0 unspecified atom stereocenters. The molecule has 1 aromatic heterocycles. The number of rotatable bonds is 5. The maximum Gasteiger partial charge on any atom is 0.311 e. The summed E-state index contributed by atoms with van der Waals surface area (Å²) >= 11 is 1.33. The van der Waals surface area contributed by atoms with Gasteiger partial charge in [-0.1, -0.05) is 78.1 Å². The lowest BCUT2D eigenvalue weighted by molar-refractivity contribution is -0.00000571. The van der Waals surface area contributed by atoms with Crippen molar-refractivity contribution in [3.8, 4) is 0 Å². The average molecular weight is 462 g/mol. The van der Waals surface area contributed by atoms with Crippen molar-refractivity contribution < 1.29 is 12.4 Å². The van der Waals surface area contributed by atoms with Crippen molar-refractivity contribution >= 4 is 44.7 Å². The lowest BCUT2D eigenvalue weighted by Gasteiger charge is -2.27. The monoisotopic (exact) mass is 461 g/mol.